The number of aliphatic hydroxyl groups excluding tert-OH is 1. The topological polar surface area (TPSA) is 109 Å². The molecule has 12 heteroatoms. The molecule has 2 N–H and O–H groups in total. The van der Waals surface area contributed by atoms with Crippen LogP contribution in [-0.2, 0) is 4.79 Å². The van der Waals surface area contributed by atoms with Gasteiger partial charge in [0.1, 0.15) is 17.2 Å². The second-order valence-corrected chi connectivity index (χ2v) is 12.6. The molecule has 250 valence electrons. The van der Waals surface area contributed by atoms with Gasteiger partial charge in [0.25, 0.3) is 0 Å². The van der Waals surface area contributed by atoms with Gasteiger partial charge in [0, 0.05) is 66.0 Å². The molecule has 48 heavy (non-hydrogen) atoms. The zero-order chi connectivity index (χ0) is 34.1. The van der Waals surface area contributed by atoms with Crippen molar-refractivity contribution in [3.05, 3.63) is 76.7 Å². The largest absolute Gasteiger partial charge is 0.496 e. The zero-order valence-electron chi connectivity index (χ0n) is 27.0. The van der Waals surface area contributed by atoms with Gasteiger partial charge in [0.15, 0.2) is 0 Å². The first-order valence-electron chi connectivity index (χ1n) is 15.5. The number of ether oxygens (including phenoxy) is 3. The highest BCUT2D eigenvalue weighted by Gasteiger charge is 2.41. The van der Waals surface area contributed by atoms with Gasteiger partial charge in [0.2, 0.25) is 5.91 Å². The quantitative estimate of drug-likeness (QED) is 0.170. The van der Waals surface area contributed by atoms with E-state index < -0.39 is 0 Å². The standard InChI is InChI=1S/C36H37Cl2N5O5/c1-6-33(45)41-27-14-25(30(46-3)16-29(27)43-22-7-8-23(43)13-24(44)12-22)26-15-28-20(18-40-26)11-21(19-42(28)10-9-39-2)34-35(37)31(47-4)17-32(48-5)36(34)38/h6,9-11,14-18,22-24,44H,1-2,7-8,12-13,19H2,3-5H3,(H,41,45)/b10-9-. The van der Waals surface area contributed by atoms with Crippen LogP contribution in [-0.4, -0.2) is 68.8 Å². The fraction of sp³-hybridized carbons (Fsp3) is 0.306. The van der Waals surface area contributed by atoms with E-state index in [-0.39, 0.29) is 24.1 Å². The van der Waals surface area contributed by atoms with E-state index in [0.717, 1.165) is 35.4 Å². The summed E-state index contributed by atoms with van der Waals surface area (Å²) < 4.78 is 17.0. The number of carbonyl (C=O) groups excluding carboxylic acids is 1. The molecule has 1 aromatic heterocycles. The summed E-state index contributed by atoms with van der Waals surface area (Å²) >= 11 is 13.6. The number of pyridine rings is 1. The first-order chi connectivity index (χ1) is 23.2. The third-order valence-corrected chi connectivity index (χ3v) is 9.91. The highest BCUT2D eigenvalue weighted by Crippen LogP contribution is 2.49. The van der Waals surface area contributed by atoms with Gasteiger partial charge in [0.05, 0.1) is 60.2 Å². The second kappa shape index (κ2) is 13.9. The average molecular weight is 691 g/mol. The van der Waals surface area contributed by atoms with Gasteiger partial charge in [-0.25, -0.2) is 0 Å². The zero-order valence-corrected chi connectivity index (χ0v) is 28.5. The Morgan fingerprint density at radius 2 is 1.69 bits per heavy atom. The third kappa shape index (κ3) is 6.11. The number of hydrogen-bond acceptors (Lipinski definition) is 9. The lowest BCUT2D eigenvalue weighted by molar-refractivity contribution is -0.111. The monoisotopic (exact) mass is 689 g/mol. The first kappa shape index (κ1) is 33.4. The van der Waals surface area contributed by atoms with Crippen molar-refractivity contribution in [3.8, 4) is 28.5 Å². The smallest absolute Gasteiger partial charge is 0.247 e. The molecule has 1 amide bonds. The van der Waals surface area contributed by atoms with Gasteiger partial charge in [-0.3, -0.25) is 14.8 Å². The van der Waals surface area contributed by atoms with Crippen LogP contribution in [0.4, 0.5) is 17.1 Å². The van der Waals surface area contributed by atoms with E-state index in [4.69, 9.17) is 42.4 Å². The van der Waals surface area contributed by atoms with Gasteiger partial charge >= 0.3 is 0 Å². The van der Waals surface area contributed by atoms with Crippen LogP contribution in [0.5, 0.6) is 17.2 Å². The number of hydrogen-bond donors (Lipinski definition) is 2. The molecule has 0 spiro atoms. The minimum Gasteiger partial charge on any atom is -0.496 e. The van der Waals surface area contributed by atoms with Crippen molar-refractivity contribution in [2.45, 2.75) is 43.9 Å². The lowest BCUT2D eigenvalue weighted by atomic mass is 9.95. The SMILES string of the molecule is C=CC(=O)Nc1cc(-c2cc3c(cn2)C=C(c2c(Cl)c(OC)cc(OC)c2Cl)CN3/C=C\N=C)c(OC)cc1N1C2CCC1CC(O)C2. The highest BCUT2D eigenvalue weighted by atomic mass is 35.5. The number of nitrogens with zero attached hydrogens (tertiary/aromatic N) is 4. The van der Waals surface area contributed by atoms with Crippen LogP contribution in [0.25, 0.3) is 22.9 Å². The van der Waals surface area contributed by atoms with Crippen LogP contribution in [0.3, 0.4) is 0 Å². The van der Waals surface area contributed by atoms with Gasteiger partial charge in [-0.05, 0) is 62.3 Å². The second-order valence-electron chi connectivity index (χ2n) is 11.9. The number of aromatic nitrogens is 1. The number of carbonyl (C=O) groups is 1. The number of halogens is 2. The molecule has 3 aliphatic rings. The highest BCUT2D eigenvalue weighted by molar-refractivity contribution is 6.40. The van der Waals surface area contributed by atoms with Crippen molar-refractivity contribution in [3.63, 3.8) is 0 Å². The predicted octanol–water partition coefficient (Wildman–Crippen LogP) is 7.23. The fourth-order valence-corrected chi connectivity index (χ4v) is 7.76. The summed E-state index contributed by atoms with van der Waals surface area (Å²) in [5.74, 6) is 1.15. The van der Waals surface area contributed by atoms with E-state index in [1.54, 1.807) is 25.6 Å². The Labute approximate surface area is 289 Å². The Morgan fingerprint density at radius 3 is 2.29 bits per heavy atom. The number of aliphatic imine (C=N–C) groups is 1. The maximum Gasteiger partial charge on any atom is 0.247 e. The van der Waals surface area contributed by atoms with E-state index >= 15 is 0 Å². The number of rotatable bonds is 10. The lowest BCUT2D eigenvalue weighted by Gasteiger charge is -2.40. The molecule has 2 saturated heterocycles. The maximum atomic E-state index is 12.7. The fourth-order valence-electron chi connectivity index (χ4n) is 7.02. The molecule has 2 atom stereocenters. The first-order valence-corrected chi connectivity index (χ1v) is 16.3. The van der Waals surface area contributed by atoms with E-state index in [2.05, 4.69) is 28.5 Å². The number of fused-ring (bicyclic) bond motifs is 3. The van der Waals surface area contributed by atoms with Crippen LogP contribution in [0, 0.1) is 0 Å². The number of anilines is 3. The predicted molar refractivity (Wildman–Crippen MR) is 193 cm³/mol. The molecule has 2 bridgehead atoms. The van der Waals surface area contributed by atoms with Gasteiger partial charge in [-0.15, -0.1) is 0 Å². The Hall–Kier alpha value is -4.51. The van der Waals surface area contributed by atoms with Crippen LogP contribution < -0.4 is 29.3 Å². The van der Waals surface area contributed by atoms with Crippen LogP contribution in [0.2, 0.25) is 10.0 Å². The molecule has 3 aliphatic heterocycles. The van der Waals surface area contributed by atoms with E-state index in [9.17, 15) is 9.90 Å². The molecule has 2 unspecified atom stereocenters. The molecule has 0 saturated carbocycles. The normalized spacial score (nSPS) is 19.9. The average Bonchev–Trinajstić information content (AvgIpc) is 3.36. The van der Waals surface area contributed by atoms with Crippen molar-refractivity contribution >= 4 is 64.5 Å². The summed E-state index contributed by atoms with van der Waals surface area (Å²) in [4.78, 5) is 25.8. The molecular weight excluding hydrogens is 653 g/mol. The summed E-state index contributed by atoms with van der Waals surface area (Å²) in [5.41, 5.74) is 5.85. The minimum absolute atomic E-state index is 0.168. The van der Waals surface area contributed by atoms with Gasteiger partial charge in [-0.2, -0.15) is 0 Å². The van der Waals surface area contributed by atoms with Crippen molar-refractivity contribution in [1.29, 1.82) is 0 Å². The van der Waals surface area contributed by atoms with Gasteiger partial charge in [-0.1, -0.05) is 29.8 Å². The van der Waals surface area contributed by atoms with E-state index in [0.29, 0.717) is 69.2 Å². The van der Waals surface area contributed by atoms with Crippen LogP contribution in [0.15, 0.2) is 60.5 Å². The van der Waals surface area contributed by atoms with Crippen molar-refractivity contribution in [2.24, 2.45) is 4.99 Å². The molecule has 6 rings (SSSR count). The minimum atomic E-state index is -0.327. The summed E-state index contributed by atoms with van der Waals surface area (Å²) in [5, 5.41) is 14.2. The number of amides is 1. The van der Waals surface area contributed by atoms with Crippen molar-refractivity contribution in [1.82, 2.24) is 4.98 Å². The Bertz CT molecular complexity index is 1800. The number of piperidine rings is 1. The Morgan fingerprint density at radius 1 is 1.02 bits per heavy atom. The molecule has 2 aromatic carbocycles. The molecule has 0 radical (unpaired) electrons. The molecule has 4 heterocycles. The van der Waals surface area contributed by atoms with Crippen LogP contribution >= 0.6 is 23.2 Å². The number of benzene rings is 2. The van der Waals surface area contributed by atoms with Crippen LogP contribution in [0.1, 0.15) is 36.8 Å². The Kier molecular flexibility index (Phi) is 9.68. The molecule has 2 fully saturated rings. The van der Waals surface area contributed by atoms with Gasteiger partial charge < -0.3 is 34.4 Å². The lowest BCUT2D eigenvalue weighted by Crippen LogP contribution is -2.45. The summed E-state index contributed by atoms with van der Waals surface area (Å²) in [6.45, 7) is 7.64. The van der Waals surface area contributed by atoms with Crippen molar-refractivity contribution < 1.29 is 24.1 Å². The number of methoxy groups -OCH3 is 3. The van der Waals surface area contributed by atoms with E-state index in [1.807, 2.05) is 35.4 Å². The summed E-state index contributed by atoms with van der Waals surface area (Å²) in [7, 11) is 4.69. The number of aliphatic hydroxyl groups is 1. The maximum absolute atomic E-state index is 12.7. The third-order valence-electron chi connectivity index (χ3n) is 9.16. The summed E-state index contributed by atoms with van der Waals surface area (Å²) in [6.07, 6.45) is 11.4. The molecule has 10 nitrogen and oxygen atoms in total. The molecule has 3 aromatic rings. The van der Waals surface area contributed by atoms with E-state index in [1.165, 1.54) is 20.3 Å². The molecular formula is C36H37Cl2N5O5. The number of nitrogens with one attached hydrogen (secondary N) is 1. The Balaban J connectivity index is 1.48. The summed E-state index contributed by atoms with van der Waals surface area (Å²) in [6, 6.07) is 7.80. The van der Waals surface area contributed by atoms with Crippen molar-refractivity contribution in [2.75, 3.05) is 43.0 Å². The molecule has 0 aliphatic carbocycles.